The van der Waals surface area contributed by atoms with E-state index in [1.54, 1.807) is 6.20 Å². The van der Waals surface area contributed by atoms with Crippen LogP contribution < -0.4 is 0 Å². The molecule has 0 amide bonds. The number of thioether (sulfide) groups is 1. The molecule has 1 unspecified atom stereocenters. The number of carboxylic acid groups (broad SMARTS) is 1. The summed E-state index contributed by atoms with van der Waals surface area (Å²) in [5.74, 6) is -0.819. The van der Waals surface area contributed by atoms with Crippen LogP contribution in [0.4, 0.5) is 0 Å². The standard InChI is InChI=1S/C8H9ClN2O2S/c1-5(2-8(12)13)14-7-4-10-3-6(9)11-7/h3-5H,2H2,1H3,(H,12,13). The third-order valence-corrected chi connectivity index (χ3v) is 2.56. The number of nitrogens with zero attached hydrogens (tertiary/aromatic N) is 2. The topological polar surface area (TPSA) is 63.1 Å². The summed E-state index contributed by atoms with van der Waals surface area (Å²) in [4.78, 5) is 18.2. The fraction of sp³-hybridized carbons (Fsp3) is 0.375. The Bertz CT molecular complexity index is 335. The molecule has 0 aromatic carbocycles. The van der Waals surface area contributed by atoms with Gasteiger partial charge in [0.2, 0.25) is 0 Å². The smallest absolute Gasteiger partial charge is 0.304 e. The van der Waals surface area contributed by atoms with Crippen molar-refractivity contribution in [1.82, 2.24) is 9.97 Å². The zero-order chi connectivity index (χ0) is 10.6. The maximum Gasteiger partial charge on any atom is 0.304 e. The molecule has 0 aliphatic heterocycles. The average Bonchev–Trinajstić information content (AvgIpc) is 2.01. The van der Waals surface area contributed by atoms with E-state index < -0.39 is 5.97 Å². The minimum atomic E-state index is -0.819. The molecule has 0 radical (unpaired) electrons. The number of aliphatic carboxylic acids is 1. The second-order valence-corrected chi connectivity index (χ2v) is 4.55. The Morgan fingerprint density at radius 3 is 3.00 bits per heavy atom. The van der Waals surface area contributed by atoms with Gasteiger partial charge in [0.25, 0.3) is 0 Å². The van der Waals surface area contributed by atoms with Crippen molar-refractivity contribution in [2.75, 3.05) is 0 Å². The number of hydrogen-bond donors (Lipinski definition) is 1. The molecule has 0 bridgehead atoms. The summed E-state index contributed by atoms with van der Waals surface area (Å²) in [6.45, 7) is 1.82. The zero-order valence-corrected chi connectivity index (χ0v) is 9.05. The van der Waals surface area contributed by atoms with Crippen LogP contribution in [0.25, 0.3) is 0 Å². The van der Waals surface area contributed by atoms with Gasteiger partial charge in [-0.05, 0) is 0 Å². The van der Waals surface area contributed by atoms with Crippen LogP contribution in [0.3, 0.4) is 0 Å². The normalized spacial score (nSPS) is 12.4. The van der Waals surface area contributed by atoms with Crippen LogP contribution in [0.1, 0.15) is 13.3 Å². The highest BCUT2D eigenvalue weighted by Crippen LogP contribution is 2.23. The third kappa shape index (κ3) is 3.93. The maximum atomic E-state index is 10.4. The van der Waals surface area contributed by atoms with Gasteiger partial charge in [0.15, 0.2) is 0 Å². The monoisotopic (exact) mass is 232 g/mol. The van der Waals surface area contributed by atoms with Crippen molar-refractivity contribution < 1.29 is 9.90 Å². The highest BCUT2D eigenvalue weighted by Gasteiger charge is 2.10. The van der Waals surface area contributed by atoms with Crippen molar-refractivity contribution in [3.8, 4) is 0 Å². The van der Waals surface area contributed by atoms with Gasteiger partial charge in [0, 0.05) is 5.25 Å². The molecule has 0 saturated heterocycles. The minimum absolute atomic E-state index is 0.0414. The van der Waals surface area contributed by atoms with Crippen molar-refractivity contribution in [3.05, 3.63) is 17.5 Å². The van der Waals surface area contributed by atoms with E-state index in [2.05, 4.69) is 9.97 Å². The molecule has 1 rings (SSSR count). The molecule has 1 N–H and O–H groups in total. The van der Waals surface area contributed by atoms with Gasteiger partial charge >= 0.3 is 5.97 Å². The van der Waals surface area contributed by atoms with Crippen molar-refractivity contribution in [2.24, 2.45) is 0 Å². The van der Waals surface area contributed by atoms with Crippen LogP contribution in [0.2, 0.25) is 5.15 Å². The van der Waals surface area contributed by atoms with Crippen LogP contribution in [0, 0.1) is 0 Å². The SMILES string of the molecule is CC(CC(=O)O)Sc1cncc(Cl)n1. The van der Waals surface area contributed by atoms with Gasteiger partial charge in [-0.3, -0.25) is 9.78 Å². The first-order valence-corrected chi connectivity index (χ1v) is 5.19. The van der Waals surface area contributed by atoms with Gasteiger partial charge in [0.05, 0.1) is 18.8 Å². The molecular weight excluding hydrogens is 224 g/mol. The molecule has 4 nitrogen and oxygen atoms in total. The quantitative estimate of drug-likeness (QED) is 0.806. The highest BCUT2D eigenvalue weighted by molar-refractivity contribution is 7.99. The fourth-order valence-electron chi connectivity index (χ4n) is 0.876. The molecule has 0 fully saturated rings. The van der Waals surface area contributed by atoms with E-state index in [-0.39, 0.29) is 11.7 Å². The Labute approximate surface area is 90.7 Å². The van der Waals surface area contributed by atoms with Crippen molar-refractivity contribution in [3.63, 3.8) is 0 Å². The Morgan fingerprint density at radius 1 is 1.71 bits per heavy atom. The third-order valence-electron chi connectivity index (χ3n) is 1.37. The largest absolute Gasteiger partial charge is 0.481 e. The van der Waals surface area contributed by atoms with Crippen LogP contribution >= 0.6 is 23.4 Å². The van der Waals surface area contributed by atoms with Crippen LogP contribution in [-0.2, 0) is 4.79 Å². The molecule has 1 heterocycles. The molecule has 1 aromatic heterocycles. The van der Waals surface area contributed by atoms with Crippen molar-refractivity contribution in [2.45, 2.75) is 23.6 Å². The van der Waals surface area contributed by atoms with E-state index in [4.69, 9.17) is 16.7 Å². The Morgan fingerprint density at radius 2 is 2.43 bits per heavy atom. The van der Waals surface area contributed by atoms with Crippen LogP contribution in [0.5, 0.6) is 0 Å². The van der Waals surface area contributed by atoms with E-state index >= 15 is 0 Å². The second kappa shape index (κ2) is 5.17. The predicted molar refractivity (Wildman–Crippen MR) is 54.6 cm³/mol. The molecule has 0 aliphatic carbocycles. The summed E-state index contributed by atoms with van der Waals surface area (Å²) in [5, 5.41) is 9.46. The lowest BCUT2D eigenvalue weighted by Crippen LogP contribution is -2.05. The van der Waals surface area contributed by atoms with E-state index in [0.717, 1.165) is 0 Å². The maximum absolute atomic E-state index is 10.4. The molecule has 14 heavy (non-hydrogen) atoms. The summed E-state index contributed by atoms with van der Waals surface area (Å²) < 4.78 is 0. The van der Waals surface area contributed by atoms with Gasteiger partial charge in [-0.25, -0.2) is 4.98 Å². The lowest BCUT2D eigenvalue weighted by atomic mass is 10.3. The summed E-state index contributed by atoms with van der Waals surface area (Å²) in [7, 11) is 0. The molecule has 1 aromatic rings. The molecule has 0 saturated carbocycles. The van der Waals surface area contributed by atoms with Gasteiger partial charge in [0.1, 0.15) is 10.2 Å². The van der Waals surface area contributed by atoms with E-state index in [9.17, 15) is 4.79 Å². The van der Waals surface area contributed by atoms with E-state index in [0.29, 0.717) is 10.2 Å². The Balaban J connectivity index is 2.55. The average molecular weight is 233 g/mol. The minimum Gasteiger partial charge on any atom is -0.481 e. The van der Waals surface area contributed by atoms with Crippen LogP contribution in [-0.4, -0.2) is 26.3 Å². The summed E-state index contributed by atoms with van der Waals surface area (Å²) in [6.07, 6.45) is 3.10. The second-order valence-electron chi connectivity index (χ2n) is 2.71. The first-order valence-electron chi connectivity index (χ1n) is 3.94. The molecule has 1 atom stereocenters. The molecule has 76 valence electrons. The lowest BCUT2D eigenvalue weighted by Gasteiger charge is -2.06. The van der Waals surface area contributed by atoms with Gasteiger partial charge in [-0.2, -0.15) is 0 Å². The fourth-order valence-corrected chi connectivity index (χ4v) is 1.98. The number of halogens is 1. The van der Waals surface area contributed by atoms with E-state index in [1.165, 1.54) is 18.0 Å². The number of carbonyl (C=O) groups is 1. The Kier molecular flexibility index (Phi) is 4.16. The van der Waals surface area contributed by atoms with Crippen LogP contribution in [0.15, 0.2) is 17.4 Å². The summed E-state index contributed by atoms with van der Waals surface area (Å²) in [6, 6.07) is 0. The first kappa shape index (κ1) is 11.3. The molecule has 0 spiro atoms. The number of rotatable bonds is 4. The lowest BCUT2D eigenvalue weighted by molar-refractivity contribution is -0.136. The van der Waals surface area contributed by atoms with Gasteiger partial charge < -0.3 is 5.11 Å². The zero-order valence-electron chi connectivity index (χ0n) is 7.48. The van der Waals surface area contributed by atoms with E-state index in [1.807, 2.05) is 6.92 Å². The molecule has 0 aliphatic rings. The summed E-state index contributed by atoms with van der Waals surface area (Å²) >= 11 is 6.98. The number of hydrogen-bond acceptors (Lipinski definition) is 4. The van der Waals surface area contributed by atoms with Crippen molar-refractivity contribution >= 4 is 29.3 Å². The molecular formula is C8H9ClN2O2S. The molecule has 6 heteroatoms. The number of carboxylic acids is 1. The predicted octanol–water partition coefficient (Wildman–Crippen LogP) is 2.09. The first-order chi connectivity index (χ1) is 6.58. The van der Waals surface area contributed by atoms with Gasteiger partial charge in [-0.15, -0.1) is 11.8 Å². The number of aromatic nitrogens is 2. The highest BCUT2D eigenvalue weighted by atomic mass is 35.5. The summed E-state index contributed by atoms with van der Waals surface area (Å²) in [5.41, 5.74) is 0. The van der Waals surface area contributed by atoms with Gasteiger partial charge in [-0.1, -0.05) is 18.5 Å². The van der Waals surface area contributed by atoms with Crippen molar-refractivity contribution in [1.29, 1.82) is 0 Å². The Hall–Kier alpha value is -0.810.